The highest BCUT2D eigenvalue weighted by Crippen LogP contribution is 2.51. The first-order valence-electron chi connectivity index (χ1n) is 5.02. The van der Waals surface area contributed by atoms with Crippen LogP contribution in [0.2, 0.25) is 0 Å². The Kier molecular flexibility index (Phi) is 4.82. The van der Waals surface area contributed by atoms with E-state index < -0.39 is 19.0 Å². The first-order chi connectivity index (χ1) is 8.09. The molecular formula is C12H15O4P. The molecule has 1 unspecified atom stereocenters. The predicted molar refractivity (Wildman–Crippen MR) is 66.0 cm³/mol. The average molecular weight is 254 g/mol. The highest BCUT2D eigenvalue weighted by Gasteiger charge is 2.37. The summed E-state index contributed by atoms with van der Waals surface area (Å²) in [6.45, 7) is 3.59. The maximum absolute atomic E-state index is 12.1. The molecule has 1 rings (SSSR count). The molecule has 0 saturated heterocycles. The molecule has 92 valence electrons. The van der Waals surface area contributed by atoms with Gasteiger partial charge in [-0.3, -0.25) is 9.36 Å². The van der Waals surface area contributed by atoms with Crippen molar-refractivity contribution in [1.82, 2.24) is 0 Å². The standard InChI is InChI=1S/C12H15O4P/c1-4-11(10-8-6-5-7-9-10)12(13)17(14,15-2)16-3/h4-9,11H,1H2,2-3H3. The van der Waals surface area contributed by atoms with Gasteiger partial charge in [0.2, 0.25) is 0 Å². The summed E-state index contributed by atoms with van der Waals surface area (Å²) in [4.78, 5) is 12.1. The Morgan fingerprint density at radius 2 is 1.82 bits per heavy atom. The topological polar surface area (TPSA) is 52.6 Å². The maximum Gasteiger partial charge on any atom is 0.397 e. The molecule has 0 saturated carbocycles. The van der Waals surface area contributed by atoms with E-state index in [4.69, 9.17) is 0 Å². The van der Waals surface area contributed by atoms with Crippen LogP contribution in [-0.4, -0.2) is 19.7 Å². The molecule has 0 spiro atoms. The fourth-order valence-corrected chi connectivity index (χ4v) is 2.57. The van der Waals surface area contributed by atoms with Crippen LogP contribution < -0.4 is 0 Å². The number of rotatable bonds is 6. The van der Waals surface area contributed by atoms with Gasteiger partial charge in [-0.2, -0.15) is 0 Å². The van der Waals surface area contributed by atoms with Crippen molar-refractivity contribution >= 4 is 13.1 Å². The van der Waals surface area contributed by atoms with Crippen molar-refractivity contribution in [3.05, 3.63) is 48.6 Å². The van der Waals surface area contributed by atoms with E-state index in [1.807, 2.05) is 6.07 Å². The van der Waals surface area contributed by atoms with Gasteiger partial charge in [-0.25, -0.2) is 0 Å². The molecule has 0 heterocycles. The maximum atomic E-state index is 12.1. The Labute approximate surface area is 101 Å². The monoisotopic (exact) mass is 254 g/mol. The van der Waals surface area contributed by atoms with Gasteiger partial charge in [0.15, 0.2) is 0 Å². The smallest absolute Gasteiger partial charge is 0.307 e. The lowest BCUT2D eigenvalue weighted by atomic mass is 10.0. The zero-order chi connectivity index (χ0) is 12.9. The third-order valence-electron chi connectivity index (χ3n) is 2.41. The summed E-state index contributed by atoms with van der Waals surface area (Å²) in [5, 5.41) is 0. The summed E-state index contributed by atoms with van der Waals surface area (Å²) in [5.41, 5.74) is 0.102. The summed E-state index contributed by atoms with van der Waals surface area (Å²) in [6.07, 6.45) is 1.43. The van der Waals surface area contributed by atoms with E-state index in [2.05, 4.69) is 15.6 Å². The second kappa shape index (κ2) is 5.92. The Morgan fingerprint density at radius 1 is 1.29 bits per heavy atom. The zero-order valence-electron chi connectivity index (χ0n) is 9.83. The van der Waals surface area contributed by atoms with Crippen LogP contribution in [0.1, 0.15) is 11.5 Å². The molecule has 0 aliphatic heterocycles. The second-order valence-corrected chi connectivity index (χ2v) is 5.49. The average Bonchev–Trinajstić information content (AvgIpc) is 2.39. The Bertz CT molecular complexity index is 433. The number of allylic oxidation sites excluding steroid dienone is 1. The number of hydrogen-bond donors (Lipinski definition) is 0. The number of carbonyl (C=O) groups is 1. The van der Waals surface area contributed by atoms with Gasteiger partial charge in [0.1, 0.15) is 0 Å². The molecule has 0 aliphatic carbocycles. The largest absolute Gasteiger partial charge is 0.397 e. The molecule has 0 amide bonds. The van der Waals surface area contributed by atoms with Crippen LogP contribution in [0.3, 0.4) is 0 Å². The summed E-state index contributed by atoms with van der Waals surface area (Å²) >= 11 is 0. The molecule has 1 aromatic rings. The third kappa shape index (κ3) is 2.91. The molecule has 4 nitrogen and oxygen atoms in total. The molecule has 0 N–H and O–H groups in total. The minimum absolute atomic E-state index is 0.608. The molecule has 0 aromatic heterocycles. The van der Waals surface area contributed by atoms with Crippen molar-refractivity contribution in [2.24, 2.45) is 0 Å². The number of hydrogen-bond acceptors (Lipinski definition) is 4. The molecule has 1 atom stereocenters. The van der Waals surface area contributed by atoms with Gasteiger partial charge in [-0.15, -0.1) is 6.58 Å². The van der Waals surface area contributed by atoms with Gasteiger partial charge in [0.25, 0.3) is 5.52 Å². The minimum Gasteiger partial charge on any atom is -0.307 e. The van der Waals surface area contributed by atoms with Crippen LogP contribution in [0, 0.1) is 0 Å². The van der Waals surface area contributed by atoms with Gasteiger partial charge < -0.3 is 9.05 Å². The molecule has 0 aliphatic rings. The second-order valence-electron chi connectivity index (χ2n) is 3.32. The fourth-order valence-electron chi connectivity index (χ4n) is 1.46. The van der Waals surface area contributed by atoms with E-state index >= 15 is 0 Å². The van der Waals surface area contributed by atoms with Crippen LogP contribution in [0.15, 0.2) is 43.0 Å². The van der Waals surface area contributed by atoms with Crippen LogP contribution in [0.25, 0.3) is 0 Å². The highest BCUT2D eigenvalue weighted by molar-refractivity contribution is 7.72. The molecule has 0 fully saturated rings. The van der Waals surface area contributed by atoms with Crippen molar-refractivity contribution in [2.75, 3.05) is 14.2 Å². The van der Waals surface area contributed by atoms with E-state index in [1.165, 1.54) is 20.3 Å². The van der Waals surface area contributed by atoms with Crippen LogP contribution in [0.5, 0.6) is 0 Å². The van der Waals surface area contributed by atoms with Crippen LogP contribution in [0.4, 0.5) is 0 Å². The molecular weight excluding hydrogens is 239 g/mol. The van der Waals surface area contributed by atoms with Crippen LogP contribution in [-0.2, 0) is 18.4 Å². The van der Waals surface area contributed by atoms with E-state index in [-0.39, 0.29) is 0 Å². The first kappa shape index (κ1) is 13.8. The number of carbonyl (C=O) groups excluding carboxylic acids is 1. The molecule has 0 radical (unpaired) electrons. The first-order valence-corrected chi connectivity index (χ1v) is 6.56. The summed E-state index contributed by atoms with van der Waals surface area (Å²) < 4.78 is 21.4. The van der Waals surface area contributed by atoms with E-state index in [9.17, 15) is 9.36 Å². The quantitative estimate of drug-likeness (QED) is 0.578. The van der Waals surface area contributed by atoms with Crippen LogP contribution >= 0.6 is 7.60 Å². The summed E-state index contributed by atoms with van der Waals surface area (Å²) in [5.74, 6) is -0.693. The fraction of sp³-hybridized carbons (Fsp3) is 0.250. The normalized spacial score (nSPS) is 13.1. The molecule has 1 aromatic carbocycles. The van der Waals surface area contributed by atoms with Crippen molar-refractivity contribution in [3.8, 4) is 0 Å². The van der Waals surface area contributed by atoms with E-state index in [0.717, 1.165) is 0 Å². The van der Waals surface area contributed by atoms with Gasteiger partial charge in [0.05, 0.1) is 5.92 Å². The molecule has 5 heteroatoms. The Hall–Kier alpha value is -1.22. The predicted octanol–water partition coefficient (Wildman–Crippen LogP) is 2.97. The van der Waals surface area contributed by atoms with E-state index in [0.29, 0.717) is 5.56 Å². The Balaban J connectivity index is 3.09. The lowest BCUT2D eigenvalue weighted by Gasteiger charge is -2.17. The summed E-state index contributed by atoms with van der Waals surface area (Å²) in [7, 11) is -1.34. The summed E-state index contributed by atoms with van der Waals surface area (Å²) in [6, 6.07) is 8.95. The Morgan fingerprint density at radius 3 is 2.24 bits per heavy atom. The minimum atomic E-state index is -3.72. The molecule has 0 bridgehead atoms. The van der Waals surface area contributed by atoms with Gasteiger partial charge in [-0.05, 0) is 5.56 Å². The highest BCUT2D eigenvalue weighted by atomic mass is 31.2. The zero-order valence-corrected chi connectivity index (χ0v) is 10.7. The number of benzene rings is 1. The van der Waals surface area contributed by atoms with Crippen molar-refractivity contribution in [3.63, 3.8) is 0 Å². The van der Waals surface area contributed by atoms with Gasteiger partial charge in [0, 0.05) is 14.2 Å². The van der Waals surface area contributed by atoms with Crippen molar-refractivity contribution < 1.29 is 18.4 Å². The third-order valence-corrected chi connectivity index (χ3v) is 4.19. The van der Waals surface area contributed by atoms with Gasteiger partial charge in [-0.1, -0.05) is 36.4 Å². The molecule has 17 heavy (non-hydrogen) atoms. The lowest BCUT2D eigenvalue weighted by molar-refractivity contribution is -0.114. The van der Waals surface area contributed by atoms with Crippen molar-refractivity contribution in [1.29, 1.82) is 0 Å². The van der Waals surface area contributed by atoms with E-state index in [1.54, 1.807) is 24.3 Å². The SMILES string of the molecule is C=CC(C(=O)P(=O)(OC)OC)c1ccccc1. The van der Waals surface area contributed by atoms with Crippen molar-refractivity contribution in [2.45, 2.75) is 5.92 Å². The van der Waals surface area contributed by atoms with Gasteiger partial charge >= 0.3 is 7.60 Å². The lowest BCUT2D eigenvalue weighted by Crippen LogP contribution is -2.12.